The third-order valence-corrected chi connectivity index (χ3v) is 4.89. The molecule has 0 spiro atoms. The molecule has 3 rings (SSSR count). The van der Waals surface area contributed by atoms with Gasteiger partial charge in [0, 0.05) is 17.0 Å². The van der Waals surface area contributed by atoms with Crippen molar-refractivity contribution in [2.75, 3.05) is 6.61 Å². The van der Waals surface area contributed by atoms with E-state index in [1.54, 1.807) is 6.92 Å². The molecule has 0 N–H and O–H groups in total. The topological polar surface area (TPSA) is 9.23 Å². The summed E-state index contributed by atoms with van der Waals surface area (Å²) in [6, 6.07) is 12.0. The van der Waals surface area contributed by atoms with E-state index in [2.05, 4.69) is 31.2 Å². The van der Waals surface area contributed by atoms with Crippen molar-refractivity contribution in [3.63, 3.8) is 0 Å². The Morgan fingerprint density at radius 1 is 1.04 bits per heavy atom. The molecule has 24 heavy (non-hydrogen) atoms. The van der Waals surface area contributed by atoms with Crippen LogP contribution in [0.1, 0.15) is 43.7 Å². The van der Waals surface area contributed by atoms with Gasteiger partial charge in [0.1, 0.15) is 11.6 Å². The Kier molecular flexibility index (Phi) is 5.03. The highest BCUT2D eigenvalue weighted by Gasteiger charge is 2.16. The molecule has 2 aromatic rings. The van der Waals surface area contributed by atoms with E-state index < -0.39 is 0 Å². The van der Waals surface area contributed by atoms with Gasteiger partial charge in [-0.05, 0) is 55.9 Å². The van der Waals surface area contributed by atoms with Gasteiger partial charge in [0.2, 0.25) is 0 Å². The SMILES string of the molecule is CCOc1ccc(-c2ccc(C3C=CC(C)CC3)cc2)c(F)c1C. The van der Waals surface area contributed by atoms with Gasteiger partial charge in [-0.1, -0.05) is 43.3 Å². The number of halogens is 1. The maximum atomic E-state index is 14.7. The van der Waals surface area contributed by atoms with Crippen LogP contribution in [-0.4, -0.2) is 6.61 Å². The minimum atomic E-state index is -0.194. The number of allylic oxidation sites excluding steroid dienone is 2. The van der Waals surface area contributed by atoms with Crippen LogP contribution in [0, 0.1) is 18.7 Å². The van der Waals surface area contributed by atoms with Crippen molar-refractivity contribution >= 4 is 0 Å². The number of hydrogen-bond donors (Lipinski definition) is 0. The number of hydrogen-bond acceptors (Lipinski definition) is 1. The fourth-order valence-electron chi connectivity index (χ4n) is 3.35. The maximum absolute atomic E-state index is 14.7. The highest BCUT2D eigenvalue weighted by Crippen LogP contribution is 2.34. The lowest BCUT2D eigenvalue weighted by molar-refractivity contribution is 0.335. The highest BCUT2D eigenvalue weighted by molar-refractivity contribution is 5.67. The molecule has 1 nitrogen and oxygen atoms in total. The average molecular weight is 324 g/mol. The molecule has 126 valence electrons. The second-order valence-corrected chi connectivity index (χ2v) is 6.65. The van der Waals surface area contributed by atoms with Crippen molar-refractivity contribution in [2.24, 2.45) is 5.92 Å². The molecule has 2 unspecified atom stereocenters. The molecule has 0 saturated heterocycles. The molecule has 0 aromatic heterocycles. The fourth-order valence-corrected chi connectivity index (χ4v) is 3.35. The van der Waals surface area contributed by atoms with Crippen molar-refractivity contribution in [2.45, 2.75) is 39.5 Å². The molecule has 2 heteroatoms. The minimum Gasteiger partial charge on any atom is -0.493 e. The quantitative estimate of drug-likeness (QED) is 0.602. The monoisotopic (exact) mass is 324 g/mol. The summed E-state index contributed by atoms with van der Waals surface area (Å²) in [7, 11) is 0. The maximum Gasteiger partial charge on any atom is 0.137 e. The molecule has 0 aliphatic heterocycles. The van der Waals surface area contributed by atoms with E-state index in [-0.39, 0.29) is 5.82 Å². The molecule has 0 radical (unpaired) electrons. The van der Waals surface area contributed by atoms with Gasteiger partial charge < -0.3 is 4.74 Å². The summed E-state index contributed by atoms with van der Waals surface area (Å²) in [6.45, 7) is 6.48. The van der Waals surface area contributed by atoms with Gasteiger partial charge in [-0.2, -0.15) is 0 Å². The normalized spacial score (nSPS) is 20.2. The second kappa shape index (κ2) is 7.21. The first-order chi connectivity index (χ1) is 11.6. The number of benzene rings is 2. The van der Waals surface area contributed by atoms with Gasteiger partial charge in [0.15, 0.2) is 0 Å². The average Bonchev–Trinajstić information content (AvgIpc) is 2.60. The largest absolute Gasteiger partial charge is 0.493 e. The van der Waals surface area contributed by atoms with Crippen LogP contribution in [0.25, 0.3) is 11.1 Å². The van der Waals surface area contributed by atoms with Gasteiger partial charge in [-0.3, -0.25) is 0 Å². The second-order valence-electron chi connectivity index (χ2n) is 6.65. The lowest BCUT2D eigenvalue weighted by atomic mass is 9.85. The van der Waals surface area contributed by atoms with Crippen LogP contribution in [-0.2, 0) is 0 Å². The van der Waals surface area contributed by atoms with E-state index in [1.165, 1.54) is 18.4 Å². The fraction of sp³-hybridized carbons (Fsp3) is 0.364. The van der Waals surface area contributed by atoms with Gasteiger partial charge in [-0.25, -0.2) is 4.39 Å². The lowest BCUT2D eigenvalue weighted by Crippen LogP contribution is -2.04. The first-order valence-electron chi connectivity index (χ1n) is 8.80. The zero-order valence-corrected chi connectivity index (χ0v) is 14.7. The Morgan fingerprint density at radius 2 is 1.79 bits per heavy atom. The third-order valence-electron chi connectivity index (χ3n) is 4.89. The van der Waals surface area contributed by atoms with Crippen LogP contribution >= 0.6 is 0 Å². The summed E-state index contributed by atoms with van der Waals surface area (Å²) < 4.78 is 20.1. The molecule has 1 aliphatic rings. The van der Waals surface area contributed by atoms with Crippen molar-refractivity contribution in [1.82, 2.24) is 0 Å². The Labute approximate surface area is 144 Å². The summed E-state index contributed by atoms with van der Waals surface area (Å²) >= 11 is 0. The van der Waals surface area contributed by atoms with Crippen LogP contribution in [0.3, 0.4) is 0 Å². The molecular weight excluding hydrogens is 299 g/mol. The van der Waals surface area contributed by atoms with Gasteiger partial charge in [0.05, 0.1) is 6.61 Å². The van der Waals surface area contributed by atoms with E-state index in [0.29, 0.717) is 35.3 Å². The van der Waals surface area contributed by atoms with E-state index in [9.17, 15) is 4.39 Å². The summed E-state index contributed by atoms with van der Waals surface area (Å²) in [4.78, 5) is 0. The molecule has 0 saturated carbocycles. The zero-order valence-electron chi connectivity index (χ0n) is 14.7. The molecular formula is C22H25FO. The standard InChI is InChI=1S/C22H25FO/c1-4-24-21-14-13-20(22(23)16(21)3)19-11-9-18(10-12-19)17-7-5-15(2)6-8-17/h5,7,9-15,17H,4,6,8H2,1-3H3. The number of rotatable bonds is 4. The molecule has 0 fully saturated rings. The first-order valence-corrected chi connectivity index (χ1v) is 8.80. The van der Waals surface area contributed by atoms with Crippen molar-refractivity contribution in [3.8, 4) is 16.9 Å². The zero-order chi connectivity index (χ0) is 17.1. The summed E-state index contributed by atoms with van der Waals surface area (Å²) in [6.07, 6.45) is 7.03. The Morgan fingerprint density at radius 3 is 2.42 bits per heavy atom. The Balaban J connectivity index is 1.86. The molecule has 2 aromatic carbocycles. The Bertz CT molecular complexity index is 730. The summed E-state index contributed by atoms with van der Waals surface area (Å²) in [5, 5.41) is 0. The van der Waals surface area contributed by atoms with Crippen molar-refractivity contribution < 1.29 is 9.13 Å². The smallest absolute Gasteiger partial charge is 0.137 e. The Hall–Kier alpha value is -2.09. The summed E-state index contributed by atoms with van der Waals surface area (Å²) in [5.74, 6) is 1.60. The predicted octanol–water partition coefficient (Wildman–Crippen LogP) is 6.27. The van der Waals surface area contributed by atoms with Gasteiger partial charge in [0.25, 0.3) is 0 Å². The number of ether oxygens (including phenoxy) is 1. The van der Waals surface area contributed by atoms with E-state index >= 15 is 0 Å². The van der Waals surface area contributed by atoms with Crippen LogP contribution in [0.2, 0.25) is 0 Å². The van der Waals surface area contributed by atoms with Crippen molar-refractivity contribution in [1.29, 1.82) is 0 Å². The van der Waals surface area contributed by atoms with Crippen molar-refractivity contribution in [3.05, 3.63) is 65.5 Å². The van der Waals surface area contributed by atoms with Gasteiger partial charge >= 0.3 is 0 Å². The lowest BCUT2D eigenvalue weighted by Gasteiger charge is -2.21. The van der Waals surface area contributed by atoms with Crippen LogP contribution in [0.5, 0.6) is 5.75 Å². The minimum absolute atomic E-state index is 0.194. The molecule has 0 bridgehead atoms. The molecule has 2 atom stereocenters. The predicted molar refractivity (Wildman–Crippen MR) is 98.0 cm³/mol. The van der Waals surface area contributed by atoms with Crippen LogP contribution in [0.15, 0.2) is 48.6 Å². The van der Waals surface area contributed by atoms with E-state index in [0.717, 1.165) is 5.56 Å². The third kappa shape index (κ3) is 3.38. The van der Waals surface area contributed by atoms with Crippen LogP contribution < -0.4 is 4.74 Å². The van der Waals surface area contributed by atoms with Crippen LogP contribution in [0.4, 0.5) is 4.39 Å². The first kappa shape index (κ1) is 16.8. The summed E-state index contributed by atoms with van der Waals surface area (Å²) in [5.41, 5.74) is 3.43. The highest BCUT2D eigenvalue weighted by atomic mass is 19.1. The van der Waals surface area contributed by atoms with Gasteiger partial charge in [-0.15, -0.1) is 0 Å². The molecule has 1 aliphatic carbocycles. The molecule has 0 heterocycles. The van der Waals surface area contributed by atoms with E-state index in [1.807, 2.05) is 31.2 Å². The van der Waals surface area contributed by atoms with E-state index in [4.69, 9.17) is 4.74 Å². The molecule has 0 amide bonds.